The summed E-state index contributed by atoms with van der Waals surface area (Å²) < 4.78 is 0. The van der Waals surface area contributed by atoms with Crippen molar-refractivity contribution in [2.75, 3.05) is 44.2 Å². The average Bonchev–Trinajstić information content (AvgIpc) is 2.48. The number of piperazine rings is 1. The molecule has 0 saturated carbocycles. The molecule has 0 spiro atoms. The molecule has 0 radical (unpaired) electrons. The van der Waals surface area contributed by atoms with Gasteiger partial charge in [-0.25, -0.2) is 0 Å². The Labute approximate surface area is 124 Å². The summed E-state index contributed by atoms with van der Waals surface area (Å²) in [4.78, 5) is 8.67. The summed E-state index contributed by atoms with van der Waals surface area (Å²) in [6, 6.07) is 7.90. The van der Waals surface area contributed by atoms with Crippen LogP contribution < -0.4 is 10.6 Å². The number of aliphatic hydroxyl groups excluding tert-OH is 1. The third kappa shape index (κ3) is 4.02. The van der Waals surface area contributed by atoms with Gasteiger partial charge in [0.25, 0.3) is 0 Å². The largest absolute Gasteiger partial charge is 0.396 e. The summed E-state index contributed by atoms with van der Waals surface area (Å²) >= 11 is 5.90. The Hall–Kier alpha value is -1.46. The normalized spacial score (nSPS) is 16.6. The van der Waals surface area contributed by atoms with Crippen LogP contribution in [0.4, 0.5) is 5.69 Å². The second kappa shape index (κ2) is 7.36. The van der Waals surface area contributed by atoms with Crippen LogP contribution in [0.25, 0.3) is 0 Å². The smallest absolute Gasteiger partial charge is 0.191 e. The third-order valence-corrected chi connectivity index (χ3v) is 3.64. The van der Waals surface area contributed by atoms with Crippen molar-refractivity contribution in [1.29, 1.82) is 0 Å². The zero-order chi connectivity index (χ0) is 14.4. The molecule has 1 fully saturated rings. The monoisotopic (exact) mass is 296 g/mol. The van der Waals surface area contributed by atoms with E-state index in [0.717, 1.165) is 31.2 Å². The van der Waals surface area contributed by atoms with E-state index in [1.807, 2.05) is 24.3 Å². The lowest BCUT2D eigenvalue weighted by Crippen LogP contribution is -2.51. The Kier molecular flexibility index (Phi) is 5.49. The maximum Gasteiger partial charge on any atom is 0.191 e. The summed E-state index contributed by atoms with van der Waals surface area (Å²) in [5.41, 5.74) is 7.14. The molecule has 0 bridgehead atoms. The minimum absolute atomic E-state index is 0.154. The fourth-order valence-electron chi connectivity index (χ4n) is 2.21. The van der Waals surface area contributed by atoms with Gasteiger partial charge >= 0.3 is 0 Å². The molecule has 110 valence electrons. The van der Waals surface area contributed by atoms with E-state index in [-0.39, 0.29) is 6.61 Å². The number of rotatable bonds is 4. The second-order valence-corrected chi connectivity index (χ2v) is 5.20. The fraction of sp³-hybridized carbons (Fsp3) is 0.500. The van der Waals surface area contributed by atoms with Gasteiger partial charge in [0.05, 0.1) is 0 Å². The van der Waals surface area contributed by atoms with Gasteiger partial charge in [-0.3, -0.25) is 4.99 Å². The van der Waals surface area contributed by atoms with E-state index in [2.05, 4.69) is 14.8 Å². The molecule has 1 heterocycles. The summed E-state index contributed by atoms with van der Waals surface area (Å²) in [5, 5.41) is 9.49. The number of hydrogen-bond donors (Lipinski definition) is 2. The lowest BCUT2D eigenvalue weighted by atomic mass is 10.2. The second-order valence-electron chi connectivity index (χ2n) is 4.77. The highest BCUT2D eigenvalue weighted by atomic mass is 35.5. The van der Waals surface area contributed by atoms with Crippen molar-refractivity contribution in [3.8, 4) is 0 Å². The Morgan fingerprint density at radius 2 is 1.85 bits per heavy atom. The molecule has 2 rings (SSSR count). The number of nitrogens with zero attached hydrogens (tertiary/aromatic N) is 3. The summed E-state index contributed by atoms with van der Waals surface area (Å²) in [6.07, 6.45) is 0.658. The average molecular weight is 297 g/mol. The van der Waals surface area contributed by atoms with Gasteiger partial charge in [-0.15, -0.1) is 0 Å². The first-order valence-corrected chi connectivity index (χ1v) is 7.25. The van der Waals surface area contributed by atoms with Gasteiger partial charge in [0, 0.05) is 50.0 Å². The molecule has 0 aromatic heterocycles. The minimum atomic E-state index is 0.154. The van der Waals surface area contributed by atoms with Crippen LogP contribution in [0.1, 0.15) is 6.42 Å². The fourth-order valence-corrected chi connectivity index (χ4v) is 2.34. The third-order valence-electron chi connectivity index (χ3n) is 3.39. The minimum Gasteiger partial charge on any atom is -0.396 e. The van der Waals surface area contributed by atoms with E-state index in [1.165, 1.54) is 5.69 Å². The number of hydrogen-bond acceptors (Lipinski definition) is 3. The van der Waals surface area contributed by atoms with Crippen molar-refractivity contribution in [1.82, 2.24) is 4.90 Å². The van der Waals surface area contributed by atoms with Crippen LogP contribution >= 0.6 is 11.6 Å². The lowest BCUT2D eigenvalue weighted by Gasteiger charge is -2.36. The molecule has 1 aromatic carbocycles. The maximum absolute atomic E-state index is 8.73. The molecule has 3 N–H and O–H groups in total. The highest BCUT2D eigenvalue weighted by Gasteiger charge is 2.18. The topological polar surface area (TPSA) is 65.1 Å². The highest BCUT2D eigenvalue weighted by molar-refractivity contribution is 6.30. The van der Waals surface area contributed by atoms with Crippen LogP contribution in [-0.2, 0) is 0 Å². The first-order valence-electron chi connectivity index (χ1n) is 6.87. The molecule has 20 heavy (non-hydrogen) atoms. The molecule has 5 nitrogen and oxygen atoms in total. The number of anilines is 1. The molecular weight excluding hydrogens is 276 g/mol. The van der Waals surface area contributed by atoms with E-state index in [4.69, 9.17) is 22.4 Å². The van der Waals surface area contributed by atoms with Gasteiger partial charge in [-0.1, -0.05) is 11.6 Å². The van der Waals surface area contributed by atoms with E-state index in [0.29, 0.717) is 18.9 Å². The van der Waals surface area contributed by atoms with Crippen LogP contribution in [0.15, 0.2) is 29.3 Å². The van der Waals surface area contributed by atoms with Gasteiger partial charge in [-0.2, -0.15) is 0 Å². The van der Waals surface area contributed by atoms with Gasteiger partial charge in [-0.05, 0) is 30.7 Å². The molecule has 1 saturated heterocycles. The Balaban J connectivity index is 1.85. The number of aliphatic hydroxyl groups is 1. The molecule has 1 aliphatic heterocycles. The lowest BCUT2D eigenvalue weighted by molar-refractivity contribution is 0.290. The van der Waals surface area contributed by atoms with Crippen LogP contribution in [0, 0.1) is 0 Å². The first-order chi connectivity index (χ1) is 9.70. The SMILES string of the molecule is NC(=NCCCO)N1CCN(c2ccc(Cl)cc2)CC1. The molecule has 6 heteroatoms. The molecule has 0 amide bonds. The Morgan fingerprint density at radius 3 is 2.45 bits per heavy atom. The van der Waals surface area contributed by atoms with Crippen LogP contribution in [0.2, 0.25) is 5.02 Å². The summed E-state index contributed by atoms with van der Waals surface area (Å²) in [6.45, 7) is 4.28. The standard InChI is InChI=1S/C14H21ClN4O/c15-12-2-4-13(5-3-12)18-7-9-19(10-8-18)14(16)17-6-1-11-20/h2-5,20H,1,6-11H2,(H2,16,17). The molecule has 0 atom stereocenters. The molecule has 1 aromatic rings. The van der Waals surface area contributed by atoms with Crippen LogP contribution in [0.5, 0.6) is 0 Å². The predicted octanol–water partition coefficient (Wildman–Crippen LogP) is 1.16. The van der Waals surface area contributed by atoms with Crippen molar-refractivity contribution in [3.05, 3.63) is 29.3 Å². The Bertz CT molecular complexity index is 441. The molecule has 1 aliphatic rings. The Morgan fingerprint density at radius 1 is 1.20 bits per heavy atom. The van der Waals surface area contributed by atoms with Crippen molar-refractivity contribution in [2.24, 2.45) is 10.7 Å². The zero-order valence-corrected chi connectivity index (χ0v) is 12.3. The van der Waals surface area contributed by atoms with E-state index >= 15 is 0 Å². The first kappa shape index (κ1) is 14.9. The number of benzene rings is 1. The highest BCUT2D eigenvalue weighted by Crippen LogP contribution is 2.19. The van der Waals surface area contributed by atoms with Crippen molar-refractivity contribution in [3.63, 3.8) is 0 Å². The molecule has 0 aliphatic carbocycles. The summed E-state index contributed by atoms with van der Waals surface area (Å²) in [5.74, 6) is 0.578. The molecule has 0 unspecified atom stereocenters. The van der Waals surface area contributed by atoms with Crippen LogP contribution in [0.3, 0.4) is 0 Å². The van der Waals surface area contributed by atoms with Gasteiger partial charge in [0.1, 0.15) is 0 Å². The number of halogens is 1. The van der Waals surface area contributed by atoms with Crippen molar-refractivity contribution in [2.45, 2.75) is 6.42 Å². The summed E-state index contributed by atoms with van der Waals surface area (Å²) in [7, 11) is 0. The quantitative estimate of drug-likeness (QED) is 0.497. The van der Waals surface area contributed by atoms with Crippen LogP contribution in [-0.4, -0.2) is 55.3 Å². The van der Waals surface area contributed by atoms with Gasteiger partial charge < -0.3 is 20.6 Å². The predicted molar refractivity (Wildman–Crippen MR) is 83.4 cm³/mol. The van der Waals surface area contributed by atoms with Gasteiger partial charge in [0.15, 0.2) is 5.96 Å². The van der Waals surface area contributed by atoms with Crippen molar-refractivity contribution < 1.29 is 5.11 Å². The van der Waals surface area contributed by atoms with E-state index in [1.54, 1.807) is 0 Å². The van der Waals surface area contributed by atoms with Gasteiger partial charge in [0.2, 0.25) is 0 Å². The zero-order valence-electron chi connectivity index (χ0n) is 11.5. The number of guanidine groups is 1. The maximum atomic E-state index is 8.73. The molecular formula is C14H21ClN4O. The van der Waals surface area contributed by atoms with E-state index < -0.39 is 0 Å². The number of nitrogens with two attached hydrogens (primary N) is 1. The number of aliphatic imine (C=N–C) groups is 1. The van der Waals surface area contributed by atoms with Crippen molar-refractivity contribution >= 4 is 23.2 Å². The van der Waals surface area contributed by atoms with E-state index in [9.17, 15) is 0 Å².